The fourth-order valence-electron chi connectivity index (χ4n) is 2.39. The molecule has 8 heteroatoms. The average Bonchev–Trinajstić information content (AvgIpc) is 2.83. The summed E-state index contributed by atoms with van der Waals surface area (Å²) in [6.07, 6.45) is 3.08. The molecular weight excluding hydrogens is 282 g/mol. The Labute approximate surface area is 119 Å². The van der Waals surface area contributed by atoms with E-state index in [0.29, 0.717) is 18.5 Å². The van der Waals surface area contributed by atoms with Gasteiger partial charge in [-0.1, -0.05) is 24.2 Å². The van der Waals surface area contributed by atoms with E-state index in [4.69, 9.17) is 5.11 Å². The van der Waals surface area contributed by atoms with E-state index in [-0.39, 0.29) is 17.5 Å². The Hall–Kier alpha value is -1.83. The van der Waals surface area contributed by atoms with Crippen LogP contribution in [0.15, 0.2) is 10.2 Å². The maximum Gasteiger partial charge on any atom is 0.315 e. The number of aromatic nitrogens is 1. The van der Waals surface area contributed by atoms with Crippen LogP contribution in [0.4, 0.5) is 4.79 Å². The van der Waals surface area contributed by atoms with Crippen LogP contribution in [0.1, 0.15) is 31.4 Å². The molecule has 2 amide bonds. The average molecular weight is 299 g/mol. The summed E-state index contributed by atoms with van der Waals surface area (Å²) in [5.41, 5.74) is 0.633. The smallest absolute Gasteiger partial charge is 0.315 e. The zero-order valence-corrected chi connectivity index (χ0v) is 11.7. The minimum atomic E-state index is -0.864. The lowest BCUT2D eigenvalue weighted by Gasteiger charge is -2.29. The minimum absolute atomic E-state index is 0.166. The largest absolute Gasteiger partial charge is 0.481 e. The van der Waals surface area contributed by atoms with Gasteiger partial charge in [0.15, 0.2) is 0 Å². The molecule has 1 aliphatic carbocycles. The maximum absolute atomic E-state index is 11.8. The van der Waals surface area contributed by atoms with Crippen molar-refractivity contribution in [1.29, 1.82) is 0 Å². The number of hydrogen-bond donors (Lipinski definition) is 4. The van der Waals surface area contributed by atoms with Gasteiger partial charge in [0, 0.05) is 17.1 Å². The molecule has 1 aliphatic rings. The first-order valence-electron chi connectivity index (χ1n) is 6.50. The van der Waals surface area contributed by atoms with Gasteiger partial charge in [-0.25, -0.2) is 4.79 Å². The summed E-state index contributed by atoms with van der Waals surface area (Å²) in [6.45, 7) is 0.217. The lowest BCUT2D eigenvalue weighted by molar-refractivity contribution is -0.143. The van der Waals surface area contributed by atoms with Crippen molar-refractivity contribution in [3.05, 3.63) is 20.7 Å². The van der Waals surface area contributed by atoms with E-state index >= 15 is 0 Å². The normalized spacial score (nSPS) is 22.2. The van der Waals surface area contributed by atoms with E-state index in [2.05, 4.69) is 15.6 Å². The van der Waals surface area contributed by atoms with Crippen LogP contribution in [0.3, 0.4) is 0 Å². The summed E-state index contributed by atoms with van der Waals surface area (Å²) < 4.78 is 0. The zero-order chi connectivity index (χ0) is 14.5. The van der Waals surface area contributed by atoms with Crippen molar-refractivity contribution in [2.24, 2.45) is 5.92 Å². The third-order valence-corrected chi connectivity index (χ3v) is 4.13. The Balaban J connectivity index is 1.83. The Morgan fingerprint density at radius 3 is 2.80 bits per heavy atom. The summed E-state index contributed by atoms with van der Waals surface area (Å²) in [5.74, 6) is -1.38. The second kappa shape index (κ2) is 6.56. The number of nitrogens with one attached hydrogen (secondary N) is 3. The highest BCUT2D eigenvalue weighted by molar-refractivity contribution is 7.07. The van der Waals surface area contributed by atoms with Crippen molar-refractivity contribution in [3.8, 4) is 0 Å². The van der Waals surface area contributed by atoms with Gasteiger partial charge < -0.3 is 20.7 Å². The number of hydrogen-bond acceptors (Lipinski definition) is 4. The van der Waals surface area contributed by atoms with Gasteiger partial charge in [0.2, 0.25) is 0 Å². The van der Waals surface area contributed by atoms with E-state index < -0.39 is 17.9 Å². The van der Waals surface area contributed by atoms with Crippen LogP contribution < -0.4 is 15.5 Å². The highest BCUT2D eigenvalue weighted by Crippen LogP contribution is 2.24. The summed E-state index contributed by atoms with van der Waals surface area (Å²) in [4.78, 5) is 36.2. The third kappa shape index (κ3) is 3.83. The summed E-state index contributed by atoms with van der Waals surface area (Å²) >= 11 is 1.04. The van der Waals surface area contributed by atoms with Crippen LogP contribution in [-0.2, 0) is 11.3 Å². The van der Waals surface area contributed by atoms with Gasteiger partial charge in [-0.3, -0.25) is 9.59 Å². The lowest BCUT2D eigenvalue weighted by Crippen LogP contribution is -2.48. The number of thiazole rings is 1. The Kier molecular flexibility index (Phi) is 4.78. The molecule has 1 aromatic rings. The third-order valence-electron chi connectivity index (χ3n) is 3.41. The molecule has 1 saturated carbocycles. The number of rotatable bonds is 4. The topological polar surface area (TPSA) is 111 Å². The Bertz CT molecular complexity index is 539. The molecule has 0 aromatic carbocycles. The van der Waals surface area contributed by atoms with Crippen LogP contribution >= 0.6 is 11.3 Å². The zero-order valence-electron chi connectivity index (χ0n) is 10.8. The number of carbonyl (C=O) groups excluding carboxylic acids is 1. The van der Waals surface area contributed by atoms with E-state index in [1.54, 1.807) is 5.38 Å². The molecule has 0 bridgehead atoms. The standard InChI is InChI=1S/C12H17N3O4S/c16-10(17)8-3-1-2-4-9(8)15-11(18)13-5-7-6-20-12(19)14-7/h6,8-9H,1-5H2,(H,14,19)(H,16,17)(H2,13,15,18). The van der Waals surface area contributed by atoms with E-state index in [9.17, 15) is 14.4 Å². The van der Waals surface area contributed by atoms with Crippen LogP contribution in [0.5, 0.6) is 0 Å². The number of carbonyl (C=O) groups is 2. The number of amides is 2. The maximum atomic E-state index is 11.8. The molecular formula is C12H17N3O4S. The Morgan fingerprint density at radius 1 is 1.40 bits per heavy atom. The van der Waals surface area contributed by atoms with Gasteiger partial charge >= 0.3 is 16.9 Å². The SMILES string of the molecule is O=C(NCc1csc(=O)[nH]1)NC1CCCCC1C(=O)O. The van der Waals surface area contributed by atoms with Crippen LogP contribution in [0.25, 0.3) is 0 Å². The number of H-pyrrole nitrogens is 1. The van der Waals surface area contributed by atoms with Crippen LogP contribution in [-0.4, -0.2) is 28.1 Å². The first kappa shape index (κ1) is 14.6. The number of carboxylic acid groups (broad SMARTS) is 1. The summed E-state index contributed by atoms with van der Waals surface area (Å²) in [5, 5.41) is 16.1. The number of aliphatic carboxylic acids is 1. The quantitative estimate of drug-likeness (QED) is 0.661. The molecule has 2 rings (SSSR count). The molecule has 20 heavy (non-hydrogen) atoms. The summed E-state index contributed by atoms with van der Waals surface area (Å²) in [6, 6.07) is -0.738. The molecule has 0 radical (unpaired) electrons. The number of aromatic amines is 1. The van der Waals surface area contributed by atoms with Gasteiger partial charge in [-0.15, -0.1) is 0 Å². The highest BCUT2D eigenvalue weighted by atomic mass is 32.1. The van der Waals surface area contributed by atoms with Crippen LogP contribution in [0.2, 0.25) is 0 Å². The van der Waals surface area contributed by atoms with Gasteiger partial charge in [-0.05, 0) is 12.8 Å². The van der Waals surface area contributed by atoms with Crippen molar-refractivity contribution in [2.45, 2.75) is 38.3 Å². The van der Waals surface area contributed by atoms with Gasteiger partial charge in [0.05, 0.1) is 12.5 Å². The molecule has 0 saturated heterocycles. The van der Waals surface area contributed by atoms with E-state index in [1.165, 1.54) is 0 Å². The van der Waals surface area contributed by atoms with Crippen molar-refractivity contribution in [1.82, 2.24) is 15.6 Å². The van der Waals surface area contributed by atoms with Gasteiger partial charge in [-0.2, -0.15) is 0 Å². The minimum Gasteiger partial charge on any atom is -0.481 e. The monoisotopic (exact) mass is 299 g/mol. The molecule has 2 atom stereocenters. The van der Waals surface area contributed by atoms with Crippen LogP contribution in [0, 0.1) is 5.92 Å². The first-order valence-corrected chi connectivity index (χ1v) is 7.38. The van der Waals surface area contributed by atoms with Crippen molar-refractivity contribution >= 4 is 23.3 Å². The lowest BCUT2D eigenvalue weighted by atomic mass is 9.84. The molecule has 0 aliphatic heterocycles. The van der Waals surface area contributed by atoms with E-state index in [1.807, 2.05) is 0 Å². The molecule has 4 N–H and O–H groups in total. The van der Waals surface area contributed by atoms with E-state index in [0.717, 1.165) is 24.2 Å². The van der Waals surface area contributed by atoms with Crippen molar-refractivity contribution in [2.75, 3.05) is 0 Å². The second-order valence-corrected chi connectivity index (χ2v) is 5.68. The molecule has 1 aromatic heterocycles. The Morgan fingerprint density at radius 2 is 2.15 bits per heavy atom. The predicted octanol–water partition coefficient (Wildman–Crippen LogP) is 0.879. The fourth-order valence-corrected chi connectivity index (χ4v) is 2.98. The van der Waals surface area contributed by atoms with Crippen molar-refractivity contribution in [3.63, 3.8) is 0 Å². The molecule has 7 nitrogen and oxygen atoms in total. The van der Waals surface area contributed by atoms with Gasteiger partial charge in [0.1, 0.15) is 0 Å². The first-order chi connectivity index (χ1) is 9.56. The second-order valence-electron chi connectivity index (χ2n) is 4.84. The summed E-state index contributed by atoms with van der Waals surface area (Å²) in [7, 11) is 0. The molecule has 1 heterocycles. The molecule has 2 unspecified atom stereocenters. The number of urea groups is 1. The molecule has 110 valence electrons. The van der Waals surface area contributed by atoms with Crippen molar-refractivity contribution < 1.29 is 14.7 Å². The fraction of sp³-hybridized carbons (Fsp3) is 0.583. The van der Waals surface area contributed by atoms with Gasteiger partial charge in [0.25, 0.3) is 0 Å². The molecule has 0 spiro atoms. The predicted molar refractivity (Wildman–Crippen MR) is 73.7 cm³/mol. The molecule has 1 fully saturated rings. The highest BCUT2D eigenvalue weighted by Gasteiger charge is 2.31. The number of carboxylic acids is 1.